The van der Waals surface area contributed by atoms with Gasteiger partial charge in [0.25, 0.3) is 0 Å². The highest BCUT2D eigenvalue weighted by Gasteiger charge is 2.30. The second-order valence-corrected chi connectivity index (χ2v) is 7.57. The number of aliphatic carboxylic acids is 1. The van der Waals surface area contributed by atoms with E-state index in [1.807, 2.05) is 18.2 Å². The van der Waals surface area contributed by atoms with Gasteiger partial charge in [-0.15, -0.1) is 0 Å². The summed E-state index contributed by atoms with van der Waals surface area (Å²) >= 11 is 3.93. The van der Waals surface area contributed by atoms with Crippen LogP contribution < -0.4 is 27.4 Å². The van der Waals surface area contributed by atoms with E-state index in [0.29, 0.717) is 5.56 Å². The molecule has 0 aliphatic carbocycles. The number of carboxylic acids is 1. The number of para-hydroxylation sites is 1. The first kappa shape index (κ1) is 25.7. The first-order valence-electron chi connectivity index (χ1n) is 9.93. The lowest BCUT2D eigenvalue weighted by Gasteiger charge is -2.23. The minimum absolute atomic E-state index is 0.00533. The van der Waals surface area contributed by atoms with Crippen molar-refractivity contribution in [2.45, 2.75) is 31.0 Å². The van der Waals surface area contributed by atoms with Crippen molar-refractivity contribution in [1.82, 2.24) is 20.9 Å². The van der Waals surface area contributed by atoms with Gasteiger partial charge in [-0.1, -0.05) is 18.2 Å². The minimum atomic E-state index is -1.36. The Bertz CT molecular complexity index is 1040. The van der Waals surface area contributed by atoms with Crippen molar-refractivity contribution < 1.29 is 29.1 Å². The van der Waals surface area contributed by atoms with Crippen molar-refractivity contribution >= 4 is 53.1 Å². The standard InChI is InChI=1S/C20H26N6O6S/c21-7-17(28)24-14(6-16(22)27)19(30)25-13(18(29)26-15(9-33)20(31)32)5-10-8-23-12-4-2-1-3-11(10)12/h1-4,8,13-15,23,33H,5-7,9,21H2,(H2,22,27)(H,24,28)(H,25,30)(H,26,29)(H,31,32). The third kappa shape index (κ3) is 7.22. The first-order valence-corrected chi connectivity index (χ1v) is 10.6. The van der Waals surface area contributed by atoms with Crippen molar-refractivity contribution in [3.63, 3.8) is 0 Å². The van der Waals surface area contributed by atoms with E-state index in [2.05, 4.69) is 33.6 Å². The summed E-state index contributed by atoms with van der Waals surface area (Å²) < 4.78 is 0. The molecule has 1 aromatic carbocycles. The van der Waals surface area contributed by atoms with Gasteiger partial charge in [0.1, 0.15) is 18.1 Å². The molecule has 0 aliphatic rings. The number of carbonyl (C=O) groups is 5. The number of carbonyl (C=O) groups excluding carboxylic acids is 4. The Balaban J connectivity index is 2.30. The van der Waals surface area contributed by atoms with Crippen molar-refractivity contribution in [1.29, 1.82) is 0 Å². The van der Waals surface area contributed by atoms with E-state index in [4.69, 9.17) is 11.5 Å². The SMILES string of the molecule is NCC(=O)NC(CC(N)=O)C(=O)NC(Cc1c[nH]c2ccccc12)C(=O)NC(CS)C(=O)O. The van der Waals surface area contributed by atoms with Gasteiger partial charge < -0.3 is 37.5 Å². The first-order chi connectivity index (χ1) is 15.7. The molecule has 0 aliphatic heterocycles. The molecule has 1 aromatic heterocycles. The Morgan fingerprint density at radius 3 is 2.24 bits per heavy atom. The van der Waals surface area contributed by atoms with Crippen LogP contribution in [0.15, 0.2) is 30.5 Å². The third-order valence-electron chi connectivity index (χ3n) is 4.77. The summed E-state index contributed by atoms with van der Waals surface area (Å²) in [6.45, 7) is -0.427. The maximum absolute atomic E-state index is 12.9. The second kappa shape index (κ2) is 11.9. The van der Waals surface area contributed by atoms with Crippen molar-refractivity contribution in [3.05, 3.63) is 36.0 Å². The molecule has 0 fully saturated rings. The largest absolute Gasteiger partial charge is 0.480 e. The van der Waals surface area contributed by atoms with Gasteiger partial charge in [0.05, 0.1) is 13.0 Å². The molecule has 33 heavy (non-hydrogen) atoms. The van der Waals surface area contributed by atoms with E-state index in [0.717, 1.165) is 10.9 Å². The summed E-state index contributed by atoms with van der Waals surface area (Å²) in [4.78, 5) is 63.1. The predicted octanol–water partition coefficient (Wildman–Crippen LogP) is -1.99. The number of nitrogens with two attached hydrogens (primary N) is 2. The molecule has 0 radical (unpaired) electrons. The number of aromatic nitrogens is 1. The van der Waals surface area contributed by atoms with Crippen molar-refractivity contribution in [2.24, 2.45) is 11.5 Å². The van der Waals surface area contributed by atoms with E-state index < -0.39 is 60.7 Å². The zero-order chi connectivity index (χ0) is 24.5. The molecule has 0 spiro atoms. The number of amides is 4. The van der Waals surface area contributed by atoms with E-state index >= 15 is 0 Å². The highest BCUT2D eigenvalue weighted by molar-refractivity contribution is 7.80. The lowest BCUT2D eigenvalue weighted by Crippen LogP contribution is -2.57. The van der Waals surface area contributed by atoms with Gasteiger partial charge in [0.2, 0.25) is 23.6 Å². The molecular weight excluding hydrogens is 452 g/mol. The summed E-state index contributed by atoms with van der Waals surface area (Å²) in [6, 6.07) is 3.40. The van der Waals surface area contributed by atoms with Gasteiger partial charge in [0.15, 0.2) is 0 Å². The molecule has 0 saturated carbocycles. The number of carboxylic acid groups (broad SMARTS) is 1. The van der Waals surface area contributed by atoms with Gasteiger partial charge in [-0.2, -0.15) is 12.6 Å². The fourth-order valence-electron chi connectivity index (χ4n) is 3.12. The molecule has 3 unspecified atom stereocenters. The highest BCUT2D eigenvalue weighted by atomic mass is 32.1. The number of hydrogen-bond acceptors (Lipinski definition) is 7. The molecule has 2 aromatic rings. The second-order valence-electron chi connectivity index (χ2n) is 7.20. The van der Waals surface area contributed by atoms with Crippen LogP contribution in [0.2, 0.25) is 0 Å². The number of rotatable bonds is 12. The minimum Gasteiger partial charge on any atom is -0.480 e. The molecule has 178 valence electrons. The number of benzene rings is 1. The van der Waals surface area contributed by atoms with Crippen LogP contribution in [0.1, 0.15) is 12.0 Å². The van der Waals surface area contributed by atoms with Gasteiger partial charge in [-0.05, 0) is 11.6 Å². The number of fused-ring (bicyclic) bond motifs is 1. The topological polar surface area (TPSA) is 209 Å². The number of aromatic amines is 1. The number of hydrogen-bond donors (Lipinski definition) is 8. The molecule has 0 saturated heterocycles. The zero-order valence-electron chi connectivity index (χ0n) is 17.5. The molecular formula is C20H26N6O6S. The van der Waals surface area contributed by atoms with Crippen molar-refractivity contribution in [2.75, 3.05) is 12.3 Å². The zero-order valence-corrected chi connectivity index (χ0v) is 18.4. The van der Waals surface area contributed by atoms with Crippen LogP contribution in [0.3, 0.4) is 0 Å². The number of primary amides is 1. The van der Waals surface area contributed by atoms with Crippen LogP contribution in [0.25, 0.3) is 10.9 Å². The predicted molar refractivity (Wildman–Crippen MR) is 122 cm³/mol. The quantitative estimate of drug-likeness (QED) is 0.161. The van der Waals surface area contributed by atoms with Crippen molar-refractivity contribution in [3.8, 4) is 0 Å². The molecule has 4 amide bonds. The summed E-state index contributed by atoms with van der Waals surface area (Å²) in [5, 5.41) is 17.1. The molecule has 3 atom stereocenters. The van der Waals surface area contributed by atoms with Gasteiger partial charge in [0, 0.05) is 29.3 Å². The number of H-pyrrole nitrogens is 1. The van der Waals surface area contributed by atoms with Crippen LogP contribution in [0.4, 0.5) is 0 Å². The van der Waals surface area contributed by atoms with E-state index in [1.54, 1.807) is 12.3 Å². The van der Waals surface area contributed by atoms with Gasteiger partial charge in [-0.25, -0.2) is 4.79 Å². The Morgan fingerprint density at radius 1 is 1.00 bits per heavy atom. The van der Waals surface area contributed by atoms with Gasteiger partial charge in [-0.3, -0.25) is 19.2 Å². The lowest BCUT2D eigenvalue weighted by molar-refractivity contribution is -0.141. The Morgan fingerprint density at radius 2 is 1.64 bits per heavy atom. The number of nitrogens with one attached hydrogen (secondary N) is 4. The maximum Gasteiger partial charge on any atom is 0.327 e. The monoisotopic (exact) mass is 478 g/mol. The maximum atomic E-state index is 12.9. The third-order valence-corrected chi connectivity index (χ3v) is 5.14. The molecule has 2 rings (SSSR count). The lowest BCUT2D eigenvalue weighted by atomic mass is 10.0. The smallest absolute Gasteiger partial charge is 0.327 e. The summed E-state index contributed by atoms with van der Waals surface area (Å²) in [6.07, 6.45) is 1.14. The summed E-state index contributed by atoms with van der Waals surface area (Å²) in [7, 11) is 0. The Kier molecular flexibility index (Phi) is 9.24. The molecule has 13 heteroatoms. The molecule has 1 heterocycles. The normalized spacial score (nSPS) is 13.5. The Hall–Kier alpha value is -3.58. The summed E-state index contributed by atoms with van der Waals surface area (Å²) in [5.41, 5.74) is 11.9. The average molecular weight is 479 g/mol. The fraction of sp³-hybridized carbons (Fsp3) is 0.350. The summed E-state index contributed by atoms with van der Waals surface area (Å²) in [5.74, 6) is -4.66. The Labute approximate surface area is 194 Å². The average Bonchev–Trinajstić information content (AvgIpc) is 3.18. The highest BCUT2D eigenvalue weighted by Crippen LogP contribution is 2.19. The molecule has 0 bridgehead atoms. The molecule has 12 nitrogen and oxygen atoms in total. The van der Waals surface area contributed by atoms with E-state index in [1.165, 1.54) is 0 Å². The fourth-order valence-corrected chi connectivity index (χ4v) is 3.37. The van der Waals surface area contributed by atoms with Crippen LogP contribution >= 0.6 is 12.6 Å². The van der Waals surface area contributed by atoms with E-state index in [9.17, 15) is 29.1 Å². The molecule has 9 N–H and O–H groups in total. The van der Waals surface area contributed by atoms with Crippen LogP contribution in [0, 0.1) is 0 Å². The van der Waals surface area contributed by atoms with Crippen LogP contribution in [-0.2, 0) is 30.4 Å². The van der Waals surface area contributed by atoms with E-state index in [-0.39, 0.29) is 12.2 Å². The number of thiol groups is 1. The van der Waals surface area contributed by atoms with Gasteiger partial charge >= 0.3 is 5.97 Å². The van der Waals surface area contributed by atoms with Crippen LogP contribution in [-0.4, -0.2) is 70.1 Å². The van der Waals surface area contributed by atoms with Crippen LogP contribution in [0.5, 0.6) is 0 Å².